The molecule has 1 saturated carbocycles. The monoisotopic (exact) mass is 417 g/mol. The van der Waals surface area contributed by atoms with E-state index in [2.05, 4.69) is 34.4 Å². The fraction of sp³-hybridized carbons (Fsp3) is 0.476. The summed E-state index contributed by atoms with van der Waals surface area (Å²) in [7, 11) is 0. The molecule has 2 aromatic rings. The van der Waals surface area contributed by atoms with Crippen LogP contribution in [0.25, 0.3) is 0 Å². The molecule has 7 nitrogen and oxygen atoms in total. The number of hydrogen-bond donors (Lipinski definition) is 3. The minimum atomic E-state index is -0.365. The highest BCUT2D eigenvalue weighted by Crippen LogP contribution is 2.34. The lowest BCUT2D eigenvalue weighted by Gasteiger charge is -2.31. The van der Waals surface area contributed by atoms with E-state index < -0.39 is 0 Å². The number of nitrogens with one attached hydrogen (secondary N) is 2. The third-order valence-corrected chi connectivity index (χ3v) is 5.37. The maximum Gasteiger partial charge on any atom is 0.327 e. The molecule has 1 aliphatic heterocycles. The summed E-state index contributed by atoms with van der Waals surface area (Å²) in [6.45, 7) is 4.64. The Kier molecular flexibility index (Phi) is 6.92. The predicted octanol–water partition coefficient (Wildman–Crippen LogP) is 4.82. The number of para-hydroxylation sites is 1. The van der Waals surface area contributed by atoms with Crippen LogP contribution in [-0.2, 0) is 6.54 Å². The minimum absolute atomic E-state index is 0.0418. The van der Waals surface area contributed by atoms with Crippen LogP contribution < -0.4 is 15.5 Å². The number of hydrogen-bond acceptors (Lipinski definition) is 5. The first-order valence-electron chi connectivity index (χ1n) is 10.1. The van der Waals surface area contributed by atoms with E-state index in [9.17, 15) is 9.90 Å². The molecule has 0 spiro atoms. The van der Waals surface area contributed by atoms with Crippen LogP contribution in [0.2, 0.25) is 5.02 Å². The zero-order chi connectivity index (χ0) is 20.9. The summed E-state index contributed by atoms with van der Waals surface area (Å²) >= 11 is 6.22. The Labute approximate surface area is 176 Å². The number of aromatic nitrogens is 2. The van der Waals surface area contributed by atoms with Crippen LogP contribution in [0.3, 0.4) is 0 Å². The number of aliphatic hydroxyl groups excluding tert-OH is 1. The summed E-state index contributed by atoms with van der Waals surface area (Å²) in [5.74, 6) is 0.910. The van der Waals surface area contributed by atoms with Gasteiger partial charge in [0.1, 0.15) is 5.82 Å². The Balaban J connectivity index is 0.000000755. The maximum absolute atomic E-state index is 12.5. The van der Waals surface area contributed by atoms with E-state index in [0.717, 1.165) is 31.2 Å². The normalized spacial score (nSPS) is 17.1. The van der Waals surface area contributed by atoms with Crippen LogP contribution in [0.4, 0.5) is 22.2 Å². The Morgan fingerprint density at radius 3 is 2.62 bits per heavy atom. The average molecular weight is 418 g/mol. The number of benzene rings is 1. The highest BCUT2D eigenvalue weighted by atomic mass is 35.5. The van der Waals surface area contributed by atoms with Crippen LogP contribution >= 0.6 is 11.6 Å². The summed E-state index contributed by atoms with van der Waals surface area (Å²) in [6.07, 6.45) is 6.87. The van der Waals surface area contributed by atoms with E-state index in [1.807, 2.05) is 12.1 Å². The highest BCUT2D eigenvalue weighted by Gasteiger charge is 2.34. The Bertz CT molecular complexity index is 855. The Morgan fingerprint density at radius 2 is 1.97 bits per heavy atom. The largest absolute Gasteiger partial charge is 0.394 e. The Morgan fingerprint density at radius 1 is 1.28 bits per heavy atom. The summed E-state index contributed by atoms with van der Waals surface area (Å²) < 4.78 is 0. The van der Waals surface area contributed by atoms with E-state index in [0.29, 0.717) is 29.0 Å². The van der Waals surface area contributed by atoms with Gasteiger partial charge in [0.2, 0.25) is 5.95 Å². The molecule has 8 heteroatoms. The first-order chi connectivity index (χ1) is 14.0. The molecule has 0 saturated heterocycles. The van der Waals surface area contributed by atoms with Crippen LogP contribution in [0, 0.1) is 0 Å². The molecular formula is C21H28ClN5O2. The standard InChI is InChI=1S/C18H20ClN5O2.C3H8/c19-13-5-1-2-6-14(13)24-10-12-9-20-16(21-15(12)22-17(24)26)23-18(11-25)7-3-4-8-18;1-3-2/h1-2,5-6,9,25H,3-4,7-8,10-11H2,(H2,20,21,22,23,26);3H2,1-2H3. The minimum Gasteiger partial charge on any atom is -0.394 e. The number of carbonyl (C=O) groups is 1. The lowest BCUT2D eigenvalue weighted by atomic mass is 9.99. The first kappa shape index (κ1) is 21.3. The number of carbonyl (C=O) groups excluding carboxylic acids is 1. The van der Waals surface area contributed by atoms with Crippen LogP contribution in [0.5, 0.6) is 0 Å². The van der Waals surface area contributed by atoms with Gasteiger partial charge in [0, 0.05) is 11.8 Å². The van der Waals surface area contributed by atoms with Gasteiger partial charge in [-0.1, -0.05) is 56.8 Å². The number of amides is 2. The van der Waals surface area contributed by atoms with Gasteiger partial charge < -0.3 is 10.4 Å². The van der Waals surface area contributed by atoms with Gasteiger partial charge in [-0.15, -0.1) is 0 Å². The smallest absolute Gasteiger partial charge is 0.327 e. The van der Waals surface area contributed by atoms with E-state index in [4.69, 9.17) is 11.6 Å². The van der Waals surface area contributed by atoms with Crippen molar-refractivity contribution in [2.75, 3.05) is 22.1 Å². The van der Waals surface area contributed by atoms with E-state index in [1.165, 1.54) is 6.42 Å². The van der Waals surface area contributed by atoms with Gasteiger partial charge in [-0.2, -0.15) is 4.98 Å². The first-order valence-corrected chi connectivity index (χ1v) is 10.5. The maximum atomic E-state index is 12.5. The molecule has 2 amide bonds. The van der Waals surface area contributed by atoms with Crippen molar-refractivity contribution < 1.29 is 9.90 Å². The number of anilines is 3. The molecule has 0 bridgehead atoms. The number of fused-ring (bicyclic) bond motifs is 1. The zero-order valence-corrected chi connectivity index (χ0v) is 17.7. The average Bonchev–Trinajstić information content (AvgIpc) is 3.18. The van der Waals surface area contributed by atoms with Gasteiger partial charge in [-0.05, 0) is 25.0 Å². The number of urea groups is 1. The van der Waals surface area contributed by atoms with Crippen molar-refractivity contribution in [3.05, 3.63) is 41.0 Å². The van der Waals surface area contributed by atoms with Gasteiger partial charge >= 0.3 is 6.03 Å². The number of halogens is 1. The second kappa shape index (κ2) is 9.41. The fourth-order valence-corrected chi connectivity index (χ4v) is 3.82. The van der Waals surface area contributed by atoms with Crippen LogP contribution in [0.15, 0.2) is 30.5 Å². The summed E-state index contributed by atoms with van der Waals surface area (Å²) in [5.41, 5.74) is 1.08. The summed E-state index contributed by atoms with van der Waals surface area (Å²) in [4.78, 5) is 22.9. The van der Waals surface area contributed by atoms with Crippen molar-refractivity contribution in [2.45, 2.75) is 58.0 Å². The quantitative estimate of drug-likeness (QED) is 0.663. The third kappa shape index (κ3) is 4.79. The molecule has 29 heavy (non-hydrogen) atoms. The van der Waals surface area contributed by atoms with E-state index >= 15 is 0 Å². The second-order valence-corrected chi connectivity index (χ2v) is 7.92. The van der Waals surface area contributed by atoms with Gasteiger partial charge in [0.25, 0.3) is 0 Å². The van der Waals surface area contributed by atoms with Crippen molar-refractivity contribution in [3.63, 3.8) is 0 Å². The van der Waals surface area contributed by atoms with Crippen molar-refractivity contribution in [1.29, 1.82) is 0 Å². The third-order valence-electron chi connectivity index (χ3n) is 5.05. The number of nitrogens with zero attached hydrogens (tertiary/aromatic N) is 3. The molecule has 1 aliphatic carbocycles. The fourth-order valence-electron chi connectivity index (χ4n) is 3.58. The van der Waals surface area contributed by atoms with Gasteiger partial charge in [0.05, 0.1) is 29.4 Å². The molecule has 0 atom stereocenters. The molecule has 3 N–H and O–H groups in total. The predicted molar refractivity (Wildman–Crippen MR) is 117 cm³/mol. The summed E-state index contributed by atoms with van der Waals surface area (Å²) in [5, 5.41) is 16.3. The van der Waals surface area contributed by atoms with Crippen molar-refractivity contribution >= 4 is 35.1 Å². The van der Waals surface area contributed by atoms with E-state index in [1.54, 1.807) is 23.2 Å². The van der Waals surface area contributed by atoms with Gasteiger partial charge in [-0.25, -0.2) is 9.78 Å². The molecular weight excluding hydrogens is 390 g/mol. The van der Waals surface area contributed by atoms with Crippen molar-refractivity contribution in [2.24, 2.45) is 0 Å². The molecule has 1 aromatic carbocycles. The molecule has 156 valence electrons. The van der Waals surface area contributed by atoms with Gasteiger partial charge in [0.15, 0.2) is 0 Å². The zero-order valence-electron chi connectivity index (χ0n) is 16.9. The summed E-state index contributed by atoms with van der Waals surface area (Å²) in [6, 6.07) is 6.92. The second-order valence-electron chi connectivity index (χ2n) is 7.51. The molecule has 2 heterocycles. The molecule has 0 unspecified atom stereocenters. The van der Waals surface area contributed by atoms with Crippen LogP contribution in [-0.4, -0.2) is 33.3 Å². The molecule has 1 fully saturated rings. The molecule has 4 rings (SSSR count). The number of aliphatic hydroxyl groups is 1. The SMILES string of the molecule is CCC.O=C1Nc2nc(NC3(CO)CCCC3)ncc2CN1c1ccccc1Cl. The van der Waals surface area contributed by atoms with Crippen LogP contribution in [0.1, 0.15) is 51.5 Å². The molecule has 2 aliphatic rings. The number of rotatable bonds is 4. The topological polar surface area (TPSA) is 90.4 Å². The van der Waals surface area contributed by atoms with Gasteiger partial charge in [-0.3, -0.25) is 10.2 Å². The van der Waals surface area contributed by atoms with Crippen molar-refractivity contribution in [1.82, 2.24) is 9.97 Å². The molecule has 0 radical (unpaired) electrons. The lowest BCUT2D eigenvalue weighted by Crippen LogP contribution is -2.41. The molecule has 1 aromatic heterocycles. The lowest BCUT2D eigenvalue weighted by molar-refractivity contribution is 0.213. The highest BCUT2D eigenvalue weighted by molar-refractivity contribution is 6.34. The Hall–Kier alpha value is -2.38. The van der Waals surface area contributed by atoms with E-state index in [-0.39, 0.29) is 18.2 Å². The van der Waals surface area contributed by atoms with Crippen molar-refractivity contribution in [3.8, 4) is 0 Å².